The largest absolute Gasteiger partial charge is 0.506 e. The van der Waals surface area contributed by atoms with Gasteiger partial charge in [-0.1, -0.05) is 12.1 Å². The molecule has 4 aliphatic rings. The number of nitrogens with one attached hydrogen (secondary N) is 4. The summed E-state index contributed by atoms with van der Waals surface area (Å²) in [6.07, 6.45) is -12.5. The molecule has 12 bridgehead atoms. The highest BCUT2D eigenvalue weighted by atomic mass is 32.1. The number of hydrogen-bond acceptors (Lipinski definition) is 32. The lowest BCUT2D eigenvalue weighted by atomic mass is 9.85. The standard InChI is InChI=1S/C62H67N13O18S5.C2HF3O2/c1-26(78)42-54(83)71-43(27(2)88-7)57-67-37(25-97-57)53(82)72-46-48-49(93-40-16-62(4,86)50(73(5)6)28(3)92-40)61(85)90-18-29-9-8-10-38-41(29)32(19-89-48)47(75(38)87)60(84)91-20-33(64-51(80)35-24-98-59(46)68-35)56-65-34(22-96-56)44-31(55-66-36(23-95-55)52(81)70-42)15-39(79)45(69-44)58-63-30(21-94-58)17-74(11-13-76)12-14-77;3-2(4,5)1(6)7/h8-10,15,21-26,28,33,40,42,46,48-50,76-79,86-87H,11-14,16-20H2,1-7H3,(H,64,80)(H,70,81)(H,71,83)(H,72,82);(H,6,7)/b43-27+;/t26-,28+,33+,40+,42+,46+,48+,49+,50-,62+;/m1./s1. The van der Waals surface area contributed by atoms with E-state index in [0.717, 1.165) is 56.7 Å². The van der Waals surface area contributed by atoms with Crippen molar-refractivity contribution in [3.63, 3.8) is 0 Å². The molecule has 0 saturated carbocycles. The van der Waals surface area contributed by atoms with Crippen LogP contribution < -0.4 is 21.3 Å². The fraction of sp³-hybridized carbons (Fsp3) is 0.422. The van der Waals surface area contributed by atoms with Gasteiger partial charge in [0.05, 0.1) is 62.0 Å². The van der Waals surface area contributed by atoms with Gasteiger partial charge in [0.2, 0.25) is 5.91 Å². The van der Waals surface area contributed by atoms with Gasteiger partial charge < -0.3 is 90.4 Å². The van der Waals surface area contributed by atoms with Crippen molar-refractivity contribution in [2.24, 2.45) is 0 Å². The Labute approximate surface area is 612 Å². The average molecular weight is 1560 g/mol. The molecular weight excluding hydrogens is 1490 g/mol. The van der Waals surface area contributed by atoms with Gasteiger partial charge in [-0.05, 0) is 59.5 Å². The number of pyridine rings is 1. The highest BCUT2D eigenvalue weighted by Crippen LogP contribution is 2.43. The van der Waals surface area contributed by atoms with E-state index in [1.54, 1.807) is 60.6 Å². The summed E-state index contributed by atoms with van der Waals surface area (Å²) in [6, 6.07) is 0.900. The number of carboxylic acid groups (broad SMARTS) is 1. The third-order valence-corrected chi connectivity index (χ3v) is 21.6. The van der Waals surface area contributed by atoms with Crippen molar-refractivity contribution < 1.29 is 111 Å². The van der Waals surface area contributed by atoms with E-state index in [0.29, 0.717) is 16.0 Å². The molecule has 0 aliphatic carbocycles. The zero-order valence-corrected chi connectivity index (χ0v) is 60.5. The molecule has 7 aromatic heterocycles. The Bertz CT molecular complexity index is 4640. The van der Waals surface area contributed by atoms with E-state index in [2.05, 4.69) is 31.2 Å². The molecule has 1 saturated heterocycles. The van der Waals surface area contributed by atoms with Gasteiger partial charge in [-0.15, -0.1) is 56.7 Å². The molecular formula is C64H68F3N13O20S5. The number of aliphatic hydroxyl groups is 4. The molecule has 1 fully saturated rings. The molecule has 11 N–H and O–H groups in total. The number of carboxylic acids is 1. The minimum Gasteiger partial charge on any atom is -0.506 e. The number of cyclic esters (lactones) is 2. The highest BCUT2D eigenvalue weighted by molar-refractivity contribution is 7.14. The number of nitrogens with zero attached hydrogens (tertiary/aromatic N) is 9. The van der Waals surface area contributed by atoms with Gasteiger partial charge in [-0.2, -0.15) is 17.9 Å². The van der Waals surface area contributed by atoms with Gasteiger partial charge in [0.25, 0.3) is 17.7 Å². The fourth-order valence-electron chi connectivity index (χ4n) is 12.3. The van der Waals surface area contributed by atoms with Crippen LogP contribution in [0.4, 0.5) is 13.2 Å². The lowest BCUT2D eigenvalue weighted by Gasteiger charge is -2.48. The van der Waals surface area contributed by atoms with Crippen LogP contribution in [0.5, 0.6) is 5.75 Å². The number of allylic oxidation sites excluding steroid dienone is 1. The molecule has 33 nitrogen and oxygen atoms in total. The maximum Gasteiger partial charge on any atom is 0.490 e. The summed E-state index contributed by atoms with van der Waals surface area (Å²) in [5.41, 5.74) is -1.44. The summed E-state index contributed by atoms with van der Waals surface area (Å²) in [7, 11) is 4.87. The van der Waals surface area contributed by atoms with Crippen LogP contribution >= 0.6 is 56.7 Å². The van der Waals surface area contributed by atoms with E-state index in [1.807, 2.05) is 0 Å². The number of fused-ring (bicyclic) bond motifs is 15. The third kappa shape index (κ3) is 16.6. The number of rotatable bonds is 12. The smallest absolute Gasteiger partial charge is 0.490 e. The van der Waals surface area contributed by atoms with Crippen molar-refractivity contribution in [2.45, 2.75) is 121 Å². The summed E-state index contributed by atoms with van der Waals surface area (Å²) in [6.45, 7) is 4.74. The first-order valence-electron chi connectivity index (χ1n) is 31.8. The molecule has 0 spiro atoms. The minimum absolute atomic E-state index is 0.000462. The number of aliphatic carboxylic acids is 1. The molecule has 1 aromatic carbocycles. The molecule has 8 aromatic rings. The molecule has 41 heteroatoms. The second-order valence-electron chi connectivity index (χ2n) is 24.7. The van der Waals surface area contributed by atoms with Gasteiger partial charge >= 0.3 is 24.1 Å². The molecule has 11 heterocycles. The van der Waals surface area contributed by atoms with Gasteiger partial charge in [-0.25, -0.2) is 44.3 Å². The molecule has 4 aliphatic heterocycles. The summed E-state index contributed by atoms with van der Waals surface area (Å²) in [5.74, 6) is -8.85. The van der Waals surface area contributed by atoms with E-state index in [-0.39, 0.29) is 138 Å². The first kappa shape index (κ1) is 77.0. The number of esters is 2. The zero-order chi connectivity index (χ0) is 75.7. The minimum atomic E-state index is -5.08. The number of carbonyl (C=O) groups excluding carboxylic acids is 6. The summed E-state index contributed by atoms with van der Waals surface area (Å²) >= 11 is 4.88. The number of likely N-dealkylation sites (N-methyl/N-ethyl adjacent to an activating group) is 1. The first-order chi connectivity index (χ1) is 49.9. The second-order valence-corrected chi connectivity index (χ2v) is 29.0. The summed E-state index contributed by atoms with van der Waals surface area (Å²) < 4.78 is 70.1. The first-order valence-corrected chi connectivity index (χ1v) is 36.2. The number of alkyl halides is 3. The third-order valence-electron chi connectivity index (χ3n) is 17.0. The number of thiazole rings is 5. The van der Waals surface area contributed by atoms with Gasteiger partial charge in [0.1, 0.15) is 114 Å². The van der Waals surface area contributed by atoms with E-state index < -0.39 is 134 Å². The number of aliphatic hydroxyl groups excluding tert-OH is 3. The summed E-state index contributed by atoms with van der Waals surface area (Å²) in [5, 5.41) is 93.0. The van der Waals surface area contributed by atoms with E-state index in [9.17, 15) is 58.3 Å². The number of aromatic hydroxyl groups is 1. The second kappa shape index (κ2) is 31.9. The van der Waals surface area contributed by atoms with Crippen LogP contribution in [0.3, 0.4) is 0 Å². The SMILES string of the molecule is CO/C(C)=C1/NC(=O)[C@H]([C@@H](C)O)NC(=O)c2csc(n2)-c2cc(O)c(-c3nc(CN(CCO)CCO)cs3)nc2-c2csc(n2)[C@@H]2COC(=O)c3c4c5c(cccc5n3O)COC(=O)[C@@H](O[C@H]3C[C@](C)(O)[C@H](N(C)C)[C@H](C)O3)[C@@H](OC4)[C@H](NC(=O)c3csc1n3)c1nc(cs1)C(=O)N2.O=C(O)C(F)(F)F. The number of amides is 4. The van der Waals surface area contributed by atoms with Crippen molar-refractivity contribution in [2.75, 3.05) is 54.1 Å². The normalized spacial score (nSPS) is 23.4. The summed E-state index contributed by atoms with van der Waals surface area (Å²) in [4.78, 5) is 130. The molecule has 0 unspecified atom stereocenters. The quantitative estimate of drug-likeness (QED) is 0.0453. The predicted molar refractivity (Wildman–Crippen MR) is 367 cm³/mol. The molecule has 0 radical (unpaired) electrons. The average Bonchev–Trinajstić information content (AvgIpc) is 1.64. The molecule has 560 valence electrons. The monoisotopic (exact) mass is 1560 g/mol. The van der Waals surface area contributed by atoms with E-state index >= 15 is 14.4 Å². The number of halogens is 3. The van der Waals surface area contributed by atoms with E-state index in [1.165, 1.54) is 49.2 Å². The van der Waals surface area contributed by atoms with Crippen LogP contribution in [0.25, 0.3) is 49.3 Å². The van der Waals surface area contributed by atoms with Gasteiger partial charge in [-0.3, -0.25) is 24.1 Å². The Kier molecular flexibility index (Phi) is 23.4. The molecule has 10 atom stereocenters. The van der Waals surface area contributed by atoms with Crippen molar-refractivity contribution in [1.29, 1.82) is 0 Å². The Morgan fingerprint density at radius 1 is 0.829 bits per heavy atom. The van der Waals surface area contributed by atoms with Crippen LogP contribution in [0, 0.1) is 0 Å². The van der Waals surface area contributed by atoms with Crippen molar-refractivity contribution in [3.8, 4) is 38.4 Å². The number of benzene rings is 1. The van der Waals surface area contributed by atoms with Crippen molar-refractivity contribution in [1.82, 2.24) is 65.7 Å². The maximum absolute atomic E-state index is 15.2. The number of methoxy groups -OCH3 is 1. The highest BCUT2D eigenvalue weighted by Gasteiger charge is 2.50. The topological polar surface area (TPSA) is 453 Å². The fourth-order valence-corrected chi connectivity index (χ4v) is 16.4. The van der Waals surface area contributed by atoms with Gasteiger partial charge in [0.15, 0.2) is 18.1 Å². The number of carbonyl (C=O) groups is 7. The van der Waals surface area contributed by atoms with Crippen LogP contribution in [-0.4, -0.2) is 230 Å². The molecule has 12 rings (SSSR count). The number of aromatic nitrogens is 7. The van der Waals surface area contributed by atoms with Crippen LogP contribution in [0.1, 0.15) is 120 Å². The Hall–Kier alpha value is -9.08. The molecule has 4 amide bonds. The number of hydrogen-bond donors (Lipinski definition) is 11. The Balaban J connectivity index is 0.00000150. The predicted octanol–water partition coefficient (Wildman–Crippen LogP) is 4.58. The lowest BCUT2D eigenvalue weighted by molar-refractivity contribution is -0.280. The van der Waals surface area contributed by atoms with E-state index in [4.69, 9.17) is 58.3 Å². The molecule has 105 heavy (non-hydrogen) atoms. The maximum atomic E-state index is 15.2. The van der Waals surface area contributed by atoms with Crippen molar-refractivity contribution in [3.05, 3.63) is 112 Å². The van der Waals surface area contributed by atoms with Crippen LogP contribution in [0.2, 0.25) is 0 Å². The van der Waals surface area contributed by atoms with Gasteiger partial charge in [0, 0.05) is 69.5 Å². The number of ether oxygens (including phenoxy) is 6. The lowest BCUT2D eigenvalue weighted by Crippen LogP contribution is -2.62. The van der Waals surface area contributed by atoms with Crippen molar-refractivity contribution >= 4 is 115 Å². The van der Waals surface area contributed by atoms with Crippen LogP contribution in [-0.2, 0) is 62.6 Å². The zero-order valence-electron chi connectivity index (χ0n) is 56.4. The van der Waals surface area contributed by atoms with Crippen LogP contribution in [0.15, 0.2) is 56.9 Å². The Morgan fingerprint density at radius 2 is 1.46 bits per heavy atom. The Morgan fingerprint density at radius 3 is 2.12 bits per heavy atom.